The van der Waals surface area contributed by atoms with E-state index in [0.717, 1.165) is 199 Å². The molecule has 0 radical (unpaired) electrons. The van der Waals surface area contributed by atoms with Gasteiger partial charge in [-0.3, -0.25) is 0 Å². The summed E-state index contributed by atoms with van der Waals surface area (Å²) in [4.78, 5) is 0. The summed E-state index contributed by atoms with van der Waals surface area (Å²) < 4.78 is 13.1. The van der Waals surface area contributed by atoms with Crippen LogP contribution in [0, 0.1) is 18.3 Å². The normalized spacial score (nSPS) is 11.9. The van der Waals surface area contributed by atoms with Crippen LogP contribution >= 0.6 is 0 Å². The predicted molar refractivity (Wildman–Crippen MR) is 435 cm³/mol. The van der Waals surface area contributed by atoms with Crippen LogP contribution in [0.25, 0.3) is 193 Å². The van der Waals surface area contributed by atoms with Crippen LogP contribution in [0.1, 0.15) is 11.1 Å². The molecule has 0 aliphatic heterocycles. The van der Waals surface area contributed by atoms with E-state index in [1.807, 2.05) is 6.07 Å². The summed E-state index contributed by atoms with van der Waals surface area (Å²) in [6.45, 7) is 2.20. The van der Waals surface area contributed by atoms with Crippen LogP contribution in [0.15, 0.2) is 358 Å². The Morgan fingerprint density at radius 3 is 0.692 bits per heavy atom. The second kappa shape index (κ2) is 23.3. The van der Waals surface area contributed by atoms with Gasteiger partial charge in [0.1, 0.15) is 0 Å². The third-order valence-electron chi connectivity index (χ3n) is 21.8. The highest BCUT2D eigenvalue weighted by atomic mass is 15.2. The van der Waals surface area contributed by atoms with Crippen molar-refractivity contribution in [2.24, 2.45) is 0 Å². The lowest BCUT2D eigenvalue weighted by molar-refractivity contribution is 1.00. The minimum atomic E-state index is 0.585. The third-order valence-corrected chi connectivity index (χ3v) is 21.8. The van der Waals surface area contributed by atoms with Gasteiger partial charge in [0.05, 0.1) is 95.2 Å². The van der Waals surface area contributed by atoms with Crippen LogP contribution in [0.2, 0.25) is 0 Å². The van der Waals surface area contributed by atoms with E-state index >= 15 is 0 Å². The van der Waals surface area contributed by atoms with Crippen LogP contribution in [0.4, 0.5) is 0 Å². The van der Waals surface area contributed by atoms with Crippen molar-refractivity contribution in [3.8, 4) is 90.1 Å². The molecule has 104 heavy (non-hydrogen) atoms. The average Bonchev–Trinajstić information content (AvgIpc) is 1.45. The minimum Gasteiger partial charge on any atom is -0.306 e. The van der Waals surface area contributed by atoms with Crippen molar-refractivity contribution in [1.29, 1.82) is 5.26 Å². The van der Waals surface area contributed by atoms with E-state index in [1.54, 1.807) is 0 Å². The van der Waals surface area contributed by atoms with E-state index in [-0.39, 0.29) is 0 Å². The Hall–Kier alpha value is -14.0. The fourth-order valence-electron chi connectivity index (χ4n) is 17.3. The highest BCUT2D eigenvalue weighted by Crippen LogP contribution is 2.56. The van der Waals surface area contributed by atoms with Gasteiger partial charge in [-0.2, -0.15) is 5.26 Å². The molecule has 0 saturated carbocycles. The lowest BCUT2D eigenvalue weighted by atomic mass is 9.91. The van der Waals surface area contributed by atoms with Crippen molar-refractivity contribution in [3.63, 3.8) is 0 Å². The molecule has 21 rings (SSSR count). The molecule has 0 saturated heterocycles. The van der Waals surface area contributed by atoms with Gasteiger partial charge in [-0.1, -0.05) is 261 Å². The first-order chi connectivity index (χ1) is 51.5. The first-order valence-electron chi connectivity index (χ1n) is 35.6. The molecule has 0 aliphatic rings. The van der Waals surface area contributed by atoms with Gasteiger partial charge in [-0.15, -0.1) is 0 Å². The Morgan fingerprint density at radius 2 is 0.433 bits per heavy atom. The molecular formula is C98H62N6. The smallest absolute Gasteiger partial charge is 0.0991 e. The number of hydrogen-bond donors (Lipinski definition) is 0. The fourth-order valence-corrected chi connectivity index (χ4v) is 17.3. The van der Waals surface area contributed by atoms with Crippen molar-refractivity contribution in [2.45, 2.75) is 6.92 Å². The van der Waals surface area contributed by atoms with E-state index < -0.39 is 0 Å². The number of nitrogens with zero attached hydrogens (tertiary/aromatic N) is 6. The van der Waals surface area contributed by atoms with Gasteiger partial charge in [-0.05, 0) is 160 Å². The maximum atomic E-state index is 11.1. The van der Waals surface area contributed by atoms with Gasteiger partial charge in [0.2, 0.25) is 0 Å². The summed E-state index contributed by atoms with van der Waals surface area (Å²) in [6, 6.07) is 135. The molecule has 0 aliphatic carbocycles. The number of aromatic nitrogens is 5. The van der Waals surface area contributed by atoms with Crippen LogP contribution in [0.5, 0.6) is 0 Å². The maximum Gasteiger partial charge on any atom is 0.0991 e. The molecule has 0 unspecified atom stereocenters. The zero-order valence-corrected chi connectivity index (χ0v) is 56.7. The third kappa shape index (κ3) is 8.81. The van der Waals surface area contributed by atoms with Crippen LogP contribution in [-0.2, 0) is 0 Å². The quantitative estimate of drug-likeness (QED) is 0.135. The zero-order chi connectivity index (χ0) is 68.7. The summed E-state index contributed by atoms with van der Waals surface area (Å²) >= 11 is 0. The number of fused-ring (bicyclic) bond motifs is 15. The Morgan fingerprint density at radius 1 is 0.202 bits per heavy atom. The monoisotopic (exact) mass is 1320 g/mol. The Kier molecular flexibility index (Phi) is 13.2. The van der Waals surface area contributed by atoms with E-state index in [4.69, 9.17) is 0 Å². The standard InChI is InChI=1S/C98H62N6/c1-62-56-63(61-99)46-51-72(62)93-94(100-83-40-20-14-34-73(83)74-35-15-21-41-84(74)100)96(103-89-52-47-68(64-26-6-2-7-27-64)57-79(89)80-58-69(48-53-90(80)103)65-28-8-3-9-29-65)98(102-87-44-24-18-38-77(87)78-39-19-25-45-88(78)102)97(95(93)101-85-42-22-16-36-75(85)76-37-17-23-43-86(76)101)104-91-54-49-70(66-30-10-4-11-31-66)59-81(91)82-60-71(50-55-92(82)104)67-32-12-5-13-33-67/h2-60H,1H3. The van der Waals surface area contributed by atoms with Crippen LogP contribution < -0.4 is 0 Å². The van der Waals surface area contributed by atoms with E-state index in [0.29, 0.717) is 5.56 Å². The van der Waals surface area contributed by atoms with Gasteiger partial charge in [-0.25, -0.2) is 0 Å². The largest absolute Gasteiger partial charge is 0.306 e. The first-order valence-corrected chi connectivity index (χ1v) is 35.6. The zero-order valence-electron chi connectivity index (χ0n) is 56.7. The van der Waals surface area contributed by atoms with E-state index in [1.165, 1.54) is 0 Å². The van der Waals surface area contributed by atoms with Gasteiger partial charge in [0.15, 0.2) is 0 Å². The summed E-state index contributed by atoms with van der Waals surface area (Å²) in [7, 11) is 0. The molecule has 0 N–H and O–H groups in total. The van der Waals surface area contributed by atoms with E-state index in [9.17, 15) is 5.26 Å². The summed E-state index contributed by atoms with van der Waals surface area (Å²) in [5.74, 6) is 0. The number of aryl methyl sites for hydroxylation is 1. The SMILES string of the molecule is Cc1cc(C#N)ccc1-c1c(-n2c3ccccc3c3ccccc32)c(-n2c3ccc(-c4ccccc4)cc3c3cc(-c4ccccc4)ccc32)c(-n2c3ccccc3c3ccccc32)c(-n2c3ccc(-c4ccccc4)cc3c3cc(-c4ccccc4)ccc32)c1-n1c2ccccc2c2ccccc21. The molecule has 0 spiro atoms. The molecule has 6 nitrogen and oxygen atoms in total. The molecule has 6 heteroatoms. The summed E-state index contributed by atoms with van der Waals surface area (Å²) in [5.41, 5.74) is 27.8. The first kappa shape index (κ1) is 58.9. The van der Waals surface area contributed by atoms with Gasteiger partial charge < -0.3 is 22.8 Å². The van der Waals surface area contributed by atoms with Gasteiger partial charge >= 0.3 is 0 Å². The van der Waals surface area contributed by atoms with Crippen molar-refractivity contribution in [3.05, 3.63) is 369 Å². The Bertz CT molecular complexity index is 6460. The molecule has 0 bridgehead atoms. The lowest BCUT2D eigenvalue weighted by Gasteiger charge is -2.32. The predicted octanol–water partition coefficient (Wildman–Crippen LogP) is 25.7. The average molecular weight is 1320 g/mol. The van der Waals surface area contributed by atoms with E-state index in [2.05, 4.69) is 388 Å². The second-order valence-electron chi connectivity index (χ2n) is 27.4. The lowest BCUT2D eigenvalue weighted by Crippen LogP contribution is -2.18. The van der Waals surface area contributed by atoms with Crippen molar-refractivity contribution in [1.82, 2.24) is 22.8 Å². The maximum absolute atomic E-state index is 11.1. The number of hydrogen-bond acceptors (Lipinski definition) is 1. The van der Waals surface area contributed by atoms with Crippen molar-refractivity contribution >= 4 is 109 Å². The fraction of sp³-hybridized carbons (Fsp3) is 0.0102. The number of nitriles is 1. The second-order valence-corrected chi connectivity index (χ2v) is 27.4. The number of rotatable bonds is 10. The molecule has 16 aromatic carbocycles. The van der Waals surface area contributed by atoms with Crippen LogP contribution in [0.3, 0.4) is 0 Å². The Balaban J connectivity index is 1.11. The highest BCUT2D eigenvalue weighted by molar-refractivity contribution is 6.20. The number of para-hydroxylation sites is 6. The molecule has 0 fully saturated rings. The molecule has 0 amide bonds. The molecule has 0 atom stereocenters. The van der Waals surface area contributed by atoms with Gasteiger partial charge in [0, 0.05) is 59.4 Å². The molecule has 484 valence electrons. The van der Waals surface area contributed by atoms with Crippen molar-refractivity contribution < 1.29 is 0 Å². The van der Waals surface area contributed by atoms with Crippen LogP contribution in [-0.4, -0.2) is 22.8 Å². The van der Waals surface area contributed by atoms with Crippen molar-refractivity contribution in [2.75, 3.05) is 0 Å². The summed E-state index contributed by atoms with van der Waals surface area (Å²) in [5, 5.41) is 22.3. The minimum absolute atomic E-state index is 0.585. The summed E-state index contributed by atoms with van der Waals surface area (Å²) in [6.07, 6.45) is 0. The number of benzene rings is 16. The van der Waals surface area contributed by atoms with Gasteiger partial charge in [0.25, 0.3) is 0 Å². The molecule has 5 aromatic heterocycles. The Labute approximate surface area is 599 Å². The molecular weight excluding hydrogens is 1260 g/mol. The molecule has 21 aromatic rings. The highest BCUT2D eigenvalue weighted by Gasteiger charge is 2.37. The topological polar surface area (TPSA) is 48.4 Å². The molecule has 5 heterocycles.